The Morgan fingerprint density at radius 2 is 0.981 bits per heavy atom. The smallest absolute Gasteiger partial charge is 0.328 e. The number of carbonyl (C=O) groups is 9. The number of primary amides is 1. The maximum atomic E-state index is 13.4. The summed E-state index contributed by atoms with van der Waals surface area (Å²) in [7, 11) is 0. The zero-order valence-electron chi connectivity index (χ0n) is 30.8. The maximum absolute atomic E-state index is 13.4. The summed E-state index contributed by atoms with van der Waals surface area (Å²) in [6.07, 6.45) is -1.70. The van der Waals surface area contributed by atoms with Crippen molar-refractivity contribution in [2.24, 2.45) is 29.2 Å². The molecule has 0 aliphatic rings. The van der Waals surface area contributed by atoms with Crippen LogP contribution < -0.4 is 43.4 Å². The van der Waals surface area contributed by atoms with Gasteiger partial charge < -0.3 is 63.8 Å². The molecule has 0 radical (unpaired) electrons. The van der Waals surface area contributed by atoms with Crippen LogP contribution in [0.1, 0.15) is 73.6 Å². The molecule has 53 heavy (non-hydrogen) atoms. The van der Waals surface area contributed by atoms with Gasteiger partial charge in [-0.2, -0.15) is 0 Å². The van der Waals surface area contributed by atoms with E-state index in [1.807, 2.05) is 19.2 Å². The molecule has 0 bridgehead atoms. The number of nitrogens with one attached hydrogen (secondary N) is 6. The molecule has 0 unspecified atom stereocenters. The summed E-state index contributed by atoms with van der Waals surface area (Å²) < 4.78 is 0. The van der Waals surface area contributed by atoms with Crippen LogP contribution in [-0.4, -0.2) is 129 Å². The summed E-state index contributed by atoms with van der Waals surface area (Å²) in [6.45, 7) is 8.30. The van der Waals surface area contributed by atoms with Gasteiger partial charge in [-0.1, -0.05) is 41.5 Å². The molecule has 0 saturated carbocycles. The first-order valence-electron chi connectivity index (χ1n) is 17.1. The van der Waals surface area contributed by atoms with Crippen molar-refractivity contribution in [3.63, 3.8) is 0 Å². The summed E-state index contributed by atoms with van der Waals surface area (Å²) in [4.78, 5) is 113. The van der Waals surface area contributed by atoms with E-state index in [1.165, 1.54) is 0 Å². The second-order valence-corrected chi connectivity index (χ2v) is 13.7. The molecule has 0 rings (SSSR count). The van der Waals surface area contributed by atoms with E-state index in [0.717, 1.165) is 0 Å². The zero-order valence-corrected chi connectivity index (χ0v) is 30.8. The minimum absolute atomic E-state index is 0.0864. The van der Waals surface area contributed by atoms with Crippen LogP contribution in [0.4, 0.5) is 0 Å². The second kappa shape index (κ2) is 23.6. The van der Waals surface area contributed by atoms with E-state index in [2.05, 4.69) is 26.6 Å². The second-order valence-electron chi connectivity index (χ2n) is 13.7. The number of carboxylic acids is 2. The summed E-state index contributed by atoms with van der Waals surface area (Å²) in [5.74, 6) is -10.6. The number of hydrogen-bond donors (Lipinski definition) is 12. The molecule has 0 aromatic heterocycles. The predicted octanol–water partition coefficient (Wildman–Crippen LogP) is -4.22. The normalized spacial score (nSPS) is 15.2. The third kappa shape index (κ3) is 18.4. The minimum Gasteiger partial charge on any atom is -0.481 e. The van der Waals surface area contributed by atoms with Crippen molar-refractivity contribution >= 4 is 53.3 Å². The highest BCUT2D eigenvalue weighted by Gasteiger charge is 2.35. The standard InChI is InChI=1S/C32H56N8O13/c1-14(2)9-17(33)26(46)40-25(16(5)6)31(51)38-21(12-41)30(50)37-20(11-23(34)43)29(49)36-19(10-15(3)4)28(48)35-18(7-8-24(44)45)27(47)39-22(13-42)32(52)53/h14-22,25,41-42H,7-13,33H2,1-6H3,(H2,34,43)(H,35,48)(H,36,49)(H,37,50)(H,38,51)(H,39,47)(H,40,46)(H,44,45)(H,52,53)/t17-,18-,19-,20-,21-,22-,25-/m0/s1. The molecule has 21 nitrogen and oxygen atoms in total. The molecule has 7 atom stereocenters. The quantitative estimate of drug-likeness (QED) is 0.0420. The van der Waals surface area contributed by atoms with E-state index in [-0.39, 0.29) is 18.3 Å². The van der Waals surface area contributed by atoms with E-state index in [1.54, 1.807) is 27.7 Å². The van der Waals surface area contributed by atoms with Crippen LogP contribution >= 0.6 is 0 Å². The molecule has 0 spiro atoms. The number of amides is 7. The minimum atomic E-state index is -1.77. The number of rotatable bonds is 25. The Morgan fingerprint density at radius 1 is 0.547 bits per heavy atom. The highest BCUT2D eigenvalue weighted by molar-refractivity contribution is 5.98. The van der Waals surface area contributed by atoms with Gasteiger partial charge in [0, 0.05) is 6.42 Å². The summed E-state index contributed by atoms with van der Waals surface area (Å²) in [6, 6.07) is -10.4. The van der Waals surface area contributed by atoms with Crippen LogP contribution in [0.2, 0.25) is 0 Å². The van der Waals surface area contributed by atoms with Gasteiger partial charge in [-0.15, -0.1) is 0 Å². The topological polar surface area (TPSA) is 359 Å². The molecule has 0 heterocycles. The van der Waals surface area contributed by atoms with Gasteiger partial charge in [-0.25, -0.2) is 4.79 Å². The molecule has 0 aromatic rings. The SMILES string of the molecule is CC(C)C[C@H](NC(=O)[C@H](CC(N)=O)NC(=O)[C@H](CO)NC(=O)[C@@H](NC(=O)[C@@H](N)CC(C)C)C(C)C)C(=O)N[C@@H](CCC(=O)O)C(=O)N[C@@H](CO)C(=O)O. The number of aliphatic hydroxyl groups is 2. The number of aliphatic hydroxyl groups excluding tert-OH is 2. The average molecular weight is 761 g/mol. The first-order chi connectivity index (χ1) is 24.5. The molecule has 0 saturated heterocycles. The van der Waals surface area contributed by atoms with Gasteiger partial charge in [-0.3, -0.25) is 38.4 Å². The maximum Gasteiger partial charge on any atom is 0.328 e. The lowest BCUT2D eigenvalue weighted by Gasteiger charge is -2.28. The molecule has 14 N–H and O–H groups in total. The molecular weight excluding hydrogens is 704 g/mol. The van der Waals surface area contributed by atoms with Crippen molar-refractivity contribution in [1.29, 1.82) is 0 Å². The van der Waals surface area contributed by atoms with Gasteiger partial charge in [0.1, 0.15) is 36.3 Å². The number of aliphatic carboxylic acids is 2. The summed E-state index contributed by atoms with van der Waals surface area (Å²) in [5.41, 5.74) is 11.2. The third-order valence-corrected chi connectivity index (χ3v) is 7.58. The van der Waals surface area contributed by atoms with Crippen LogP contribution in [0.3, 0.4) is 0 Å². The van der Waals surface area contributed by atoms with Crippen LogP contribution in [0.5, 0.6) is 0 Å². The van der Waals surface area contributed by atoms with E-state index < -0.39 is 134 Å². The van der Waals surface area contributed by atoms with Crippen LogP contribution in [0, 0.1) is 17.8 Å². The van der Waals surface area contributed by atoms with Gasteiger partial charge in [-0.05, 0) is 37.0 Å². The number of carbonyl (C=O) groups excluding carboxylic acids is 7. The van der Waals surface area contributed by atoms with Gasteiger partial charge in [0.15, 0.2) is 0 Å². The Morgan fingerprint density at radius 3 is 1.43 bits per heavy atom. The van der Waals surface area contributed by atoms with E-state index in [9.17, 15) is 53.4 Å². The van der Waals surface area contributed by atoms with Crippen LogP contribution in [0.15, 0.2) is 0 Å². The monoisotopic (exact) mass is 760 g/mol. The van der Waals surface area contributed by atoms with Gasteiger partial charge >= 0.3 is 11.9 Å². The largest absolute Gasteiger partial charge is 0.481 e. The fourth-order valence-corrected chi connectivity index (χ4v) is 4.79. The highest BCUT2D eigenvalue weighted by Crippen LogP contribution is 2.10. The lowest BCUT2D eigenvalue weighted by Crippen LogP contribution is -2.61. The van der Waals surface area contributed by atoms with Crippen molar-refractivity contribution in [2.75, 3.05) is 13.2 Å². The molecule has 302 valence electrons. The molecule has 0 aromatic carbocycles. The average Bonchev–Trinajstić information content (AvgIpc) is 3.04. The molecule has 0 aliphatic carbocycles. The highest BCUT2D eigenvalue weighted by atomic mass is 16.4. The summed E-state index contributed by atoms with van der Waals surface area (Å²) in [5, 5.41) is 51.1. The Kier molecular flexibility index (Phi) is 21.4. The Balaban J connectivity index is 6.11. The first-order valence-corrected chi connectivity index (χ1v) is 17.1. The number of hydrogen-bond acceptors (Lipinski definition) is 12. The van der Waals surface area contributed by atoms with Crippen molar-refractivity contribution in [3.05, 3.63) is 0 Å². The van der Waals surface area contributed by atoms with Gasteiger partial charge in [0.2, 0.25) is 41.4 Å². The lowest BCUT2D eigenvalue weighted by molar-refractivity contribution is -0.144. The van der Waals surface area contributed by atoms with Crippen LogP contribution in [0.25, 0.3) is 0 Å². The molecule has 0 fully saturated rings. The van der Waals surface area contributed by atoms with Crippen LogP contribution in [-0.2, 0) is 43.2 Å². The van der Waals surface area contributed by atoms with Crippen molar-refractivity contribution in [2.45, 2.75) is 116 Å². The Bertz CT molecular complexity index is 1310. The number of carboxylic acid groups (broad SMARTS) is 2. The number of nitrogens with two attached hydrogens (primary N) is 2. The fourth-order valence-electron chi connectivity index (χ4n) is 4.79. The van der Waals surface area contributed by atoms with E-state index >= 15 is 0 Å². The molecule has 21 heteroatoms. The van der Waals surface area contributed by atoms with Crippen molar-refractivity contribution in [1.82, 2.24) is 31.9 Å². The first kappa shape index (κ1) is 48.1. The zero-order chi connectivity index (χ0) is 41.2. The fraction of sp³-hybridized carbons (Fsp3) is 0.719. The third-order valence-electron chi connectivity index (χ3n) is 7.58. The molecule has 0 aliphatic heterocycles. The van der Waals surface area contributed by atoms with E-state index in [0.29, 0.717) is 6.42 Å². The van der Waals surface area contributed by atoms with Gasteiger partial charge in [0.25, 0.3) is 0 Å². The molecule has 7 amide bonds. The van der Waals surface area contributed by atoms with Gasteiger partial charge in [0.05, 0.1) is 25.7 Å². The Hall–Kier alpha value is -4.89. The summed E-state index contributed by atoms with van der Waals surface area (Å²) >= 11 is 0. The predicted molar refractivity (Wildman–Crippen MR) is 186 cm³/mol. The van der Waals surface area contributed by atoms with E-state index in [4.69, 9.17) is 21.7 Å². The Labute approximate surface area is 307 Å². The lowest BCUT2D eigenvalue weighted by atomic mass is 10.00. The van der Waals surface area contributed by atoms with Crippen molar-refractivity contribution < 1.29 is 63.6 Å². The van der Waals surface area contributed by atoms with Crippen molar-refractivity contribution in [3.8, 4) is 0 Å². The molecular formula is C32H56N8O13.